The first kappa shape index (κ1) is 12.7. The molecule has 0 fully saturated rings. The molecule has 0 radical (unpaired) electrons. The predicted molar refractivity (Wildman–Crippen MR) is 78.0 cm³/mol. The Hall–Kier alpha value is -2.27. The highest BCUT2D eigenvalue weighted by Crippen LogP contribution is 2.28. The van der Waals surface area contributed by atoms with Crippen molar-refractivity contribution < 1.29 is 9.53 Å². The number of carbonyl (C=O) groups is 1. The highest BCUT2D eigenvalue weighted by Gasteiger charge is 2.08. The van der Waals surface area contributed by atoms with Crippen molar-refractivity contribution in [3.63, 3.8) is 0 Å². The van der Waals surface area contributed by atoms with Crippen molar-refractivity contribution in [3.05, 3.63) is 54.2 Å². The van der Waals surface area contributed by atoms with E-state index in [0.717, 1.165) is 21.0 Å². The van der Waals surface area contributed by atoms with Gasteiger partial charge < -0.3 is 9.72 Å². The molecule has 0 aliphatic rings. The van der Waals surface area contributed by atoms with Crippen LogP contribution in [0.4, 0.5) is 0 Å². The van der Waals surface area contributed by atoms with Gasteiger partial charge in [-0.2, -0.15) is 0 Å². The monoisotopic (exact) mass is 284 g/mol. The Kier molecular flexibility index (Phi) is 3.43. The fourth-order valence-corrected chi connectivity index (χ4v) is 2.80. The van der Waals surface area contributed by atoms with E-state index >= 15 is 0 Å². The average Bonchev–Trinajstić information content (AvgIpc) is 2.88. The number of methoxy groups -OCH3 is 1. The van der Waals surface area contributed by atoms with Gasteiger partial charge in [-0.1, -0.05) is 30.0 Å². The van der Waals surface area contributed by atoms with Crippen molar-refractivity contribution in [2.24, 2.45) is 0 Å². The van der Waals surface area contributed by atoms with Gasteiger partial charge in [0.25, 0.3) is 0 Å². The van der Waals surface area contributed by atoms with Crippen LogP contribution >= 0.6 is 11.8 Å². The second-order valence-electron chi connectivity index (χ2n) is 4.20. The lowest BCUT2D eigenvalue weighted by atomic mass is 10.3. The van der Waals surface area contributed by atoms with Crippen LogP contribution in [0.5, 0.6) is 0 Å². The van der Waals surface area contributed by atoms with Gasteiger partial charge in [0.2, 0.25) is 0 Å². The maximum absolute atomic E-state index is 11.5. The van der Waals surface area contributed by atoms with Crippen LogP contribution in [0.25, 0.3) is 10.9 Å². The molecule has 0 aliphatic heterocycles. The summed E-state index contributed by atoms with van der Waals surface area (Å²) in [5.74, 6) is -0.356. The van der Waals surface area contributed by atoms with Gasteiger partial charge in [-0.3, -0.25) is 0 Å². The average molecular weight is 284 g/mol. The number of ether oxygens (including phenoxy) is 1. The minimum Gasteiger partial charge on any atom is -0.465 e. The van der Waals surface area contributed by atoms with Gasteiger partial charge in [-0.05, 0) is 24.3 Å². The number of aromatic amines is 1. The minimum atomic E-state index is -0.356. The molecule has 0 bridgehead atoms. The number of aromatic nitrogens is 2. The first-order chi connectivity index (χ1) is 9.76. The molecular formula is C15H12N2O2S. The fourth-order valence-electron chi connectivity index (χ4n) is 1.92. The molecule has 2 aromatic heterocycles. The largest absolute Gasteiger partial charge is 0.465 e. The fraction of sp³-hybridized carbons (Fsp3) is 0.0667. The van der Waals surface area contributed by atoms with Crippen LogP contribution < -0.4 is 0 Å². The predicted octanol–water partition coefficient (Wildman–Crippen LogP) is 3.50. The molecule has 1 N–H and O–H groups in total. The summed E-state index contributed by atoms with van der Waals surface area (Å²) in [6.45, 7) is 0. The van der Waals surface area contributed by atoms with Crippen LogP contribution in [0.2, 0.25) is 0 Å². The van der Waals surface area contributed by atoms with E-state index in [9.17, 15) is 4.79 Å². The number of nitrogens with zero attached hydrogens (tertiary/aromatic N) is 1. The molecule has 1 aromatic carbocycles. The number of para-hydroxylation sites is 1. The van der Waals surface area contributed by atoms with Crippen LogP contribution in [-0.2, 0) is 4.74 Å². The summed E-state index contributed by atoms with van der Waals surface area (Å²) in [6.07, 6.45) is 1.61. The zero-order valence-electron chi connectivity index (χ0n) is 10.8. The van der Waals surface area contributed by atoms with Gasteiger partial charge in [0, 0.05) is 17.1 Å². The Morgan fingerprint density at radius 2 is 2.10 bits per heavy atom. The Balaban J connectivity index is 1.88. The highest BCUT2D eigenvalue weighted by molar-refractivity contribution is 7.99. The van der Waals surface area contributed by atoms with Crippen LogP contribution in [0.3, 0.4) is 0 Å². The van der Waals surface area contributed by atoms with Gasteiger partial charge in [0.15, 0.2) is 0 Å². The molecule has 3 aromatic rings. The van der Waals surface area contributed by atoms with E-state index in [2.05, 4.69) is 16.0 Å². The third-order valence-corrected chi connectivity index (χ3v) is 3.75. The summed E-state index contributed by atoms with van der Waals surface area (Å²) in [5, 5.41) is 2.89. The van der Waals surface area contributed by atoms with Crippen molar-refractivity contribution in [1.82, 2.24) is 9.97 Å². The number of rotatable bonds is 3. The molecular weight excluding hydrogens is 272 g/mol. The van der Waals surface area contributed by atoms with E-state index in [1.807, 2.05) is 24.3 Å². The Labute approximate surface area is 120 Å². The third-order valence-electron chi connectivity index (χ3n) is 2.88. The third kappa shape index (κ3) is 2.53. The molecule has 4 nitrogen and oxygen atoms in total. The lowest BCUT2D eigenvalue weighted by Gasteiger charge is -2.01. The molecule has 0 saturated heterocycles. The second-order valence-corrected chi connectivity index (χ2v) is 5.26. The number of esters is 1. The van der Waals surface area contributed by atoms with Crippen LogP contribution in [0.1, 0.15) is 10.4 Å². The number of nitrogens with one attached hydrogen (secondary N) is 1. The van der Waals surface area contributed by atoms with Gasteiger partial charge in [0.05, 0.1) is 17.7 Å². The smallest absolute Gasteiger partial charge is 0.337 e. The first-order valence-electron chi connectivity index (χ1n) is 6.06. The van der Waals surface area contributed by atoms with Gasteiger partial charge >= 0.3 is 5.97 Å². The molecule has 0 spiro atoms. The number of fused-ring (bicyclic) bond motifs is 1. The molecule has 0 unspecified atom stereocenters. The number of hydrogen-bond acceptors (Lipinski definition) is 4. The highest BCUT2D eigenvalue weighted by atomic mass is 32.2. The molecule has 0 saturated carbocycles. The van der Waals surface area contributed by atoms with E-state index in [1.165, 1.54) is 18.9 Å². The summed E-state index contributed by atoms with van der Waals surface area (Å²) in [7, 11) is 1.37. The summed E-state index contributed by atoms with van der Waals surface area (Å²) in [5.41, 5.74) is 1.58. The molecule has 0 amide bonds. The lowest BCUT2D eigenvalue weighted by Crippen LogP contribution is -2.01. The normalized spacial score (nSPS) is 10.7. The van der Waals surface area contributed by atoms with E-state index in [4.69, 9.17) is 4.74 Å². The Bertz CT molecular complexity index is 734. The summed E-state index contributed by atoms with van der Waals surface area (Å²) in [4.78, 5) is 19.1. The standard InChI is InChI=1S/C15H12N2O2S/c1-19-15(18)11-6-7-16-13(9-11)20-14-8-10-4-2-3-5-12(10)17-14/h2-9,17H,1H3. The summed E-state index contributed by atoms with van der Waals surface area (Å²) >= 11 is 1.48. The molecule has 5 heteroatoms. The quantitative estimate of drug-likeness (QED) is 0.748. The van der Waals surface area contributed by atoms with E-state index in [1.54, 1.807) is 18.3 Å². The minimum absolute atomic E-state index is 0.356. The number of benzene rings is 1. The molecule has 0 atom stereocenters. The van der Waals surface area contributed by atoms with Crippen molar-refractivity contribution in [1.29, 1.82) is 0 Å². The van der Waals surface area contributed by atoms with Gasteiger partial charge in [-0.15, -0.1) is 0 Å². The SMILES string of the molecule is COC(=O)c1ccnc(Sc2cc3ccccc3[nH]2)c1. The lowest BCUT2D eigenvalue weighted by molar-refractivity contribution is 0.0600. The topological polar surface area (TPSA) is 55.0 Å². The van der Waals surface area contributed by atoms with Crippen molar-refractivity contribution in [3.8, 4) is 0 Å². The summed E-state index contributed by atoms with van der Waals surface area (Å²) < 4.78 is 4.71. The number of pyridine rings is 1. The van der Waals surface area contributed by atoms with Crippen molar-refractivity contribution in [2.45, 2.75) is 10.1 Å². The van der Waals surface area contributed by atoms with E-state index in [-0.39, 0.29) is 5.97 Å². The van der Waals surface area contributed by atoms with Gasteiger partial charge in [0.1, 0.15) is 5.03 Å². The van der Waals surface area contributed by atoms with Crippen molar-refractivity contribution in [2.75, 3.05) is 7.11 Å². The van der Waals surface area contributed by atoms with Crippen LogP contribution in [0.15, 0.2) is 58.7 Å². The zero-order valence-corrected chi connectivity index (χ0v) is 11.6. The molecule has 100 valence electrons. The Morgan fingerprint density at radius 1 is 1.25 bits per heavy atom. The van der Waals surface area contributed by atoms with Crippen molar-refractivity contribution >= 4 is 28.6 Å². The number of hydrogen-bond donors (Lipinski definition) is 1. The molecule has 3 rings (SSSR count). The molecule has 20 heavy (non-hydrogen) atoms. The maximum Gasteiger partial charge on any atom is 0.337 e. The van der Waals surface area contributed by atoms with E-state index < -0.39 is 0 Å². The Morgan fingerprint density at radius 3 is 2.90 bits per heavy atom. The van der Waals surface area contributed by atoms with Gasteiger partial charge in [-0.25, -0.2) is 9.78 Å². The zero-order chi connectivity index (χ0) is 13.9. The summed E-state index contributed by atoms with van der Waals surface area (Å²) in [6, 6.07) is 13.5. The molecule has 0 aliphatic carbocycles. The van der Waals surface area contributed by atoms with E-state index in [0.29, 0.717) is 5.56 Å². The van der Waals surface area contributed by atoms with Crippen LogP contribution in [-0.4, -0.2) is 23.0 Å². The maximum atomic E-state index is 11.5. The molecule has 2 heterocycles. The second kappa shape index (κ2) is 5.38. The van der Waals surface area contributed by atoms with Crippen LogP contribution in [0, 0.1) is 0 Å². The first-order valence-corrected chi connectivity index (χ1v) is 6.88. The number of carbonyl (C=O) groups excluding carboxylic acids is 1. The number of H-pyrrole nitrogens is 1.